The van der Waals surface area contributed by atoms with E-state index in [1.54, 1.807) is 0 Å². The second-order valence-electron chi connectivity index (χ2n) is 31.8. The number of nitrogens with one attached hydrogen (secondary N) is 4. The number of benzene rings is 7. The van der Waals surface area contributed by atoms with E-state index in [9.17, 15) is 0 Å². The molecule has 0 saturated heterocycles. The number of halogens is 6. The van der Waals surface area contributed by atoms with Crippen LogP contribution in [0.5, 0.6) is 0 Å². The number of hydrogen-bond donors (Lipinski definition) is 4. The normalized spacial score (nSPS) is 13.3. The van der Waals surface area contributed by atoms with Gasteiger partial charge in [-0.15, -0.1) is 0 Å². The summed E-state index contributed by atoms with van der Waals surface area (Å²) >= 11 is 0. The third-order valence-corrected chi connectivity index (χ3v) is 21.9. The molecule has 0 aromatic heterocycles. The Hall–Kier alpha value is -9.38. The molecule has 2 atom stereocenters. The largest absolute Gasteiger partial charge is 0.382 e. The molecule has 0 bridgehead atoms. The van der Waals surface area contributed by atoms with Crippen molar-refractivity contribution in [1.29, 1.82) is 0 Å². The molecule has 2 aliphatic heterocycles. The van der Waals surface area contributed by atoms with Gasteiger partial charge in [0.05, 0.1) is 301 Å². The Balaban J connectivity index is 1.24. The lowest BCUT2D eigenvalue weighted by Crippen LogP contribution is -2.58. The number of rotatable bonds is 78. The molecule has 0 aliphatic carbocycles. The summed E-state index contributed by atoms with van der Waals surface area (Å²) in [6, 6.07) is 1.07. The highest BCUT2D eigenvalue weighted by Gasteiger charge is 2.47. The molecule has 4 N–H and O–H groups in total. The lowest BCUT2D eigenvalue weighted by Gasteiger charge is -2.36. The van der Waals surface area contributed by atoms with Gasteiger partial charge in [0, 0.05) is 89.9 Å². The predicted octanol–water partition coefficient (Wildman–Crippen LogP) is 5.99. The molecule has 0 saturated carbocycles. The molecule has 0 radical (unpaired) electrons. The van der Waals surface area contributed by atoms with Crippen molar-refractivity contribution in [2.75, 3.05) is 321 Å². The number of fused-ring (bicyclic) bond motifs is 2. The van der Waals surface area contributed by atoms with Crippen molar-refractivity contribution >= 4 is 90.3 Å². The Morgan fingerprint density at radius 2 is 0.457 bits per heavy atom. The summed E-state index contributed by atoms with van der Waals surface area (Å²) in [5, 5.41) is 9.97. The monoisotopic (exact) mass is 1990 g/mol. The van der Waals surface area contributed by atoms with Crippen molar-refractivity contribution in [2.45, 2.75) is 49.1 Å². The first-order chi connectivity index (χ1) is 68.1. The number of imide groups is 2. The smallest absolute Gasteiger partial charge is 0.262 e. The molecule has 0 spiro atoms. The van der Waals surface area contributed by atoms with Gasteiger partial charge in [0.1, 0.15) is 12.1 Å². The molecule has 140 heavy (non-hydrogen) atoms. The average molecular weight is 1990 g/mol. The fourth-order valence-corrected chi connectivity index (χ4v) is 15.3. The van der Waals surface area contributed by atoms with Crippen LogP contribution in [0.4, 0.5) is 26.3 Å². The van der Waals surface area contributed by atoms with Crippen molar-refractivity contribution in [3.05, 3.63) is 118 Å². The molecule has 8 amide bonds. The van der Waals surface area contributed by atoms with Crippen LogP contribution in [0.2, 0.25) is 0 Å². The Morgan fingerprint density at radius 3 is 0.686 bits per heavy atom. The van der Waals surface area contributed by atoms with Crippen molar-refractivity contribution < 1.29 is 178 Å². The molecule has 7 aromatic carbocycles. The maximum Gasteiger partial charge on any atom is 0.262 e. The fourth-order valence-electron chi connectivity index (χ4n) is 15.3. The van der Waals surface area contributed by atoms with Crippen LogP contribution >= 0.6 is 0 Å². The third-order valence-electron chi connectivity index (χ3n) is 21.9. The van der Waals surface area contributed by atoms with E-state index in [2.05, 4.69) is 21.3 Å². The van der Waals surface area contributed by atoms with Crippen LogP contribution in [0, 0.1) is 34.9 Å². The summed E-state index contributed by atoms with van der Waals surface area (Å²) in [6.07, 6.45) is -2.02. The lowest BCUT2D eigenvalue weighted by molar-refractivity contribution is -0.132. The van der Waals surface area contributed by atoms with Gasteiger partial charge in [0.25, 0.3) is 23.6 Å². The summed E-state index contributed by atoms with van der Waals surface area (Å²) < 4.78 is 230. The summed E-state index contributed by atoms with van der Waals surface area (Å²) in [5.74, 6) is -20.2. The number of methoxy groups -OCH3 is 8. The molecule has 2 unspecified atom stereocenters. The summed E-state index contributed by atoms with van der Waals surface area (Å²) in [7, 11) is 12.0. The molecule has 776 valence electrons. The van der Waals surface area contributed by atoms with Gasteiger partial charge in [0.2, 0.25) is 23.6 Å². The standard InChI is InChI=1S/C96H128F6N6O32/c1-117-13-21-125-29-37-133-53-63(54-134-38-30-126-22-14-118-2)103-81(109)51-79(91(111)105-65(57-137-41-33-129-25-17-121-5)58-138-42-34-130-26-18-122-6)107-93(113)69-11-9-67-84-72(62-47-77(99)90(102)78(100)48-62)50-74-86-70(12-10-68(88(84)86)83-71(49-73(95(107)115)85(69)87(67)83)61-45-75(97)89(101)76(98)46-61)94(114)108(96(74)116)80(92(112)106-66(59-139-43-35-131-27-19-123-7)60-140-44-36-132-28-20-124-8)52-82(110)104-64(55-135-39-31-127-23-15-119-3)56-136-40-32-128-24-16-120-4/h9-12,45-50,63-66,79-80H,13-44,51-60H2,1-8H3,(H,103,109)(H,104,110)(H,105,111)(H,106,112). The second kappa shape index (κ2) is 62.9. The van der Waals surface area contributed by atoms with Crippen LogP contribution in [0.25, 0.3) is 65.3 Å². The highest BCUT2D eigenvalue weighted by molar-refractivity contribution is 6.45. The maximum absolute atomic E-state index is 16.6. The van der Waals surface area contributed by atoms with Crippen LogP contribution in [-0.4, -0.2) is 414 Å². The van der Waals surface area contributed by atoms with Crippen LogP contribution in [0.15, 0.2) is 60.7 Å². The Bertz CT molecular complexity index is 4630. The summed E-state index contributed by atoms with van der Waals surface area (Å²) in [6.45, 7) is 2.55. The minimum absolute atomic E-state index is 0.0174. The topological polar surface area (TPSA) is 413 Å². The Labute approximate surface area is 806 Å². The van der Waals surface area contributed by atoms with Crippen molar-refractivity contribution in [2.24, 2.45) is 0 Å². The Kier molecular flexibility index (Phi) is 51.3. The molecule has 7 aromatic rings. The number of hydrogen-bond acceptors (Lipinski definition) is 32. The van der Waals surface area contributed by atoms with Gasteiger partial charge in [-0.05, 0) is 103 Å². The van der Waals surface area contributed by atoms with Crippen LogP contribution in [0.1, 0.15) is 54.3 Å². The Morgan fingerprint density at radius 1 is 0.250 bits per heavy atom. The quantitative estimate of drug-likeness (QED) is 0.00849. The van der Waals surface area contributed by atoms with E-state index >= 15 is 64.7 Å². The molecule has 0 fully saturated rings. The van der Waals surface area contributed by atoms with E-state index < -0.39 is 154 Å². The van der Waals surface area contributed by atoms with Crippen molar-refractivity contribution in [3.63, 3.8) is 0 Å². The summed E-state index contributed by atoms with van der Waals surface area (Å²) in [5.41, 5.74) is -3.45. The van der Waals surface area contributed by atoms with E-state index in [0.29, 0.717) is 34.1 Å². The van der Waals surface area contributed by atoms with E-state index in [-0.39, 0.29) is 330 Å². The number of ether oxygens (including phenoxy) is 24. The first kappa shape index (κ1) is 114. The van der Waals surface area contributed by atoms with Crippen LogP contribution in [-0.2, 0) is 133 Å². The molecular formula is C96H128F6N6O32. The third kappa shape index (κ3) is 33.9. The predicted molar refractivity (Wildman–Crippen MR) is 492 cm³/mol. The zero-order chi connectivity index (χ0) is 101. The van der Waals surface area contributed by atoms with Gasteiger partial charge in [-0.3, -0.25) is 48.2 Å². The van der Waals surface area contributed by atoms with Gasteiger partial charge < -0.3 is 135 Å². The highest BCUT2D eigenvalue weighted by Crippen LogP contribution is 2.53. The van der Waals surface area contributed by atoms with Crippen LogP contribution < -0.4 is 21.3 Å². The maximum atomic E-state index is 16.6. The van der Waals surface area contributed by atoms with E-state index in [1.165, 1.54) is 81.1 Å². The van der Waals surface area contributed by atoms with Gasteiger partial charge in [-0.1, -0.05) is 12.1 Å². The number of carbonyl (C=O) groups excluding carboxylic acids is 8. The van der Waals surface area contributed by atoms with E-state index in [1.807, 2.05) is 0 Å². The van der Waals surface area contributed by atoms with Gasteiger partial charge in [-0.2, -0.15) is 0 Å². The first-order valence-electron chi connectivity index (χ1n) is 45.8. The zero-order valence-corrected chi connectivity index (χ0v) is 80.2. The van der Waals surface area contributed by atoms with Crippen molar-refractivity contribution in [3.8, 4) is 22.3 Å². The minimum Gasteiger partial charge on any atom is -0.382 e. The minimum atomic E-state index is -2.16. The number of nitrogens with zero attached hydrogens (tertiary/aromatic N) is 2. The molecule has 2 heterocycles. The fraction of sp³-hybridized carbons (Fsp3) is 0.583. The number of carbonyl (C=O) groups is 8. The number of amides is 8. The first-order valence-corrected chi connectivity index (χ1v) is 45.8. The molecule has 2 aliphatic rings. The molecule has 44 heteroatoms. The summed E-state index contributed by atoms with van der Waals surface area (Å²) in [4.78, 5) is 129. The average Bonchev–Trinajstić information content (AvgIpc) is 0.674. The van der Waals surface area contributed by atoms with Crippen molar-refractivity contribution in [1.82, 2.24) is 31.1 Å². The highest BCUT2D eigenvalue weighted by atomic mass is 19.2. The lowest BCUT2D eigenvalue weighted by atomic mass is 9.77. The van der Waals surface area contributed by atoms with E-state index in [4.69, 9.17) is 114 Å². The SMILES string of the molecule is COCCOCCOCC(COCCOCCOC)NC(=O)CC(C(=O)NC(COCCOCCOC)COCCOCCOC)N1C(=O)c2ccc3c4c(-c5cc(F)c(F)c(F)c5)cc5c6c(ccc(c7c(-c8cc(F)c(F)c(F)c8)cc(c2c37)C1=O)c64)C(=O)N(C(CC(=O)NC(COCCOCCOC)COCCOCCOC)C(=O)NC(COCCOCCOC)COCCOCCOC)C5=O. The van der Waals surface area contributed by atoms with Crippen LogP contribution in [0.3, 0.4) is 0 Å². The second-order valence-corrected chi connectivity index (χ2v) is 31.8. The van der Waals surface area contributed by atoms with Gasteiger partial charge >= 0.3 is 0 Å². The molecular weight excluding hydrogens is 1860 g/mol. The van der Waals surface area contributed by atoms with Gasteiger partial charge in [0.15, 0.2) is 34.9 Å². The van der Waals surface area contributed by atoms with E-state index in [0.717, 1.165) is 12.1 Å². The molecule has 38 nitrogen and oxygen atoms in total. The van der Waals surface area contributed by atoms with Gasteiger partial charge in [-0.25, -0.2) is 26.3 Å². The molecule has 9 rings (SSSR count). The zero-order valence-electron chi connectivity index (χ0n) is 80.2.